The van der Waals surface area contributed by atoms with Crippen LogP contribution in [-0.2, 0) is 4.79 Å². The molecule has 1 fully saturated rings. The molecule has 5 nitrogen and oxygen atoms in total. The summed E-state index contributed by atoms with van der Waals surface area (Å²) in [5.74, 6) is 0.190. The number of nitrogens with one attached hydrogen (secondary N) is 1. The van der Waals surface area contributed by atoms with Crippen LogP contribution in [0.4, 0.5) is 4.79 Å². The summed E-state index contributed by atoms with van der Waals surface area (Å²) >= 11 is 1.84. The molecule has 1 rings (SSSR count). The van der Waals surface area contributed by atoms with Crippen LogP contribution in [0.5, 0.6) is 0 Å². The zero-order valence-corrected chi connectivity index (χ0v) is 12.0. The van der Waals surface area contributed by atoms with Crippen molar-refractivity contribution in [1.29, 1.82) is 0 Å². The van der Waals surface area contributed by atoms with E-state index in [1.807, 2.05) is 25.6 Å². The van der Waals surface area contributed by atoms with Gasteiger partial charge in [-0.3, -0.25) is 0 Å². The van der Waals surface area contributed by atoms with Crippen LogP contribution >= 0.6 is 11.8 Å². The van der Waals surface area contributed by atoms with Crippen molar-refractivity contribution in [3.05, 3.63) is 0 Å². The van der Waals surface area contributed by atoms with Crippen molar-refractivity contribution in [3.63, 3.8) is 0 Å². The number of nitrogens with zero attached hydrogens (tertiary/aromatic N) is 1. The third-order valence-corrected chi connectivity index (χ3v) is 3.97. The van der Waals surface area contributed by atoms with Crippen LogP contribution in [-0.4, -0.2) is 52.1 Å². The Kier molecular flexibility index (Phi) is 5.78. The quantitative estimate of drug-likeness (QED) is 0.817. The lowest BCUT2D eigenvalue weighted by molar-refractivity contribution is -0.139. The molecule has 2 atom stereocenters. The fourth-order valence-corrected chi connectivity index (χ4v) is 2.95. The van der Waals surface area contributed by atoms with Gasteiger partial charge in [0.05, 0.1) is 0 Å². The molecule has 104 valence electrons. The highest BCUT2D eigenvalue weighted by molar-refractivity contribution is 7.99. The lowest BCUT2D eigenvalue weighted by Gasteiger charge is -2.31. The Morgan fingerprint density at radius 3 is 2.67 bits per heavy atom. The minimum Gasteiger partial charge on any atom is -0.480 e. The smallest absolute Gasteiger partial charge is 0.326 e. The van der Waals surface area contributed by atoms with Gasteiger partial charge in [0.25, 0.3) is 0 Å². The van der Waals surface area contributed by atoms with Crippen LogP contribution in [0.3, 0.4) is 0 Å². The first-order chi connectivity index (χ1) is 8.40. The topological polar surface area (TPSA) is 69.6 Å². The maximum Gasteiger partial charge on any atom is 0.326 e. The lowest BCUT2D eigenvalue weighted by Crippen LogP contribution is -2.51. The highest BCUT2D eigenvalue weighted by Crippen LogP contribution is 2.17. The molecule has 0 aromatic carbocycles. The minimum absolute atomic E-state index is 0.238. The molecule has 0 aliphatic carbocycles. The molecule has 0 bridgehead atoms. The third kappa shape index (κ3) is 4.76. The van der Waals surface area contributed by atoms with Crippen molar-refractivity contribution >= 4 is 23.8 Å². The molecule has 1 saturated heterocycles. The van der Waals surface area contributed by atoms with Gasteiger partial charge in [0, 0.05) is 24.1 Å². The van der Waals surface area contributed by atoms with E-state index in [1.165, 1.54) is 0 Å². The van der Waals surface area contributed by atoms with Crippen molar-refractivity contribution in [2.75, 3.05) is 18.8 Å². The maximum atomic E-state index is 12.0. The number of hydrogen-bond donors (Lipinski definition) is 2. The van der Waals surface area contributed by atoms with Gasteiger partial charge in [0.2, 0.25) is 0 Å². The van der Waals surface area contributed by atoms with Crippen LogP contribution in [0, 0.1) is 5.92 Å². The SMILES string of the molecule is CC(C)C[C@H](NC(=O)N1CCSC(C)C1)C(=O)O. The van der Waals surface area contributed by atoms with E-state index in [2.05, 4.69) is 12.2 Å². The first-order valence-corrected chi connectivity index (χ1v) is 7.35. The Morgan fingerprint density at radius 2 is 2.17 bits per heavy atom. The van der Waals surface area contributed by atoms with Crippen LogP contribution < -0.4 is 5.32 Å². The molecular weight excluding hydrogens is 252 g/mol. The molecule has 2 amide bonds. The number of carboxylic acids is 1. The number of carboxylic acid groups (broad SMARTS) is 1. The lowest BCUT2D eigenvalue weighted by atomic mass is 10.0. The fraction of sp³-hybridized carbons (Fsp3) is 0.833. The Labute approximate surface area is 112 Å². The van der Waals surface area contributed by atoms with Crippen LogP contribution in [0.25, 0.3) is 0 Å². The van der Waals surface area contributed by atoms with E-state index in [9.17, 15) is 9.59 Å². The molecule has 1 aliphatic rings. The molecule has 1 heterocycles. The average molecular weight is 274 g/mol. The highest BCUT2D eigenvalue weighted by atomic mass is 32.2. The number of carbonyl (C=O) groups is 2. The number of hydrogen-bond acceptors (Lipinski definition) is 3. The molecule has 18 heavy (non-hydrogen) atoms. The van der Waals surface area contributed by atoms with Gasteiger partial charge >= 0.3 is 12.0 Å². The van der Waals surface area contributed by atoms with Gasteiger partial charge in [-0.25, -0.2) is 9.59 Å². The van der Waals surface area contributed by atoms with Crippen molar-refractivity contribution in [2.24, 2.45) is 5.92 Å². The summed E-state index contributed by atoms with van der Waals surface area (Å²) in [6.07, 6.45) is 0.458. The van der Waals surface area contributed by atoms with E-state index >= 15 is 0 Å². The van der Waals surface area contributed by atoms with Gasteiger partial charge in [-0.1, -0.05) is 20.8 Å². The van der Waals surface area contributed by atoms with Gasteiger partial charge in [0.15, 0.2) is 0 Å². The van der Waals surface area contributed by atoms with Crippen molar-refractivity contribution < 1.29 is 14.7 Å². The monoisotopic (exact) mass is 274 g/mol. The zero-order chi connectivity index (χ0) is 13.7. The normalized spacial score (nSPS) is 21.8. The second-order valence-electron chi connectivity index (χ2n) is 5.10. The Hall–Kier alpha value is -0.910. The van der Waals surface area contributed by atoms with E-state index < -0.39 is 12.0 Å². The standard InChI is InChI=1S/C12H22N2O3S/c1-8(2)6-10(11(15)16)13-12(17)14-4-5-18-9(3)7-14/h8-10H,4-7H2,1-3H3,(H,13,17)(H,15,16)/t9?,10-/m0/s1. The first-order valence-electron chi connectivity index (χ1n) is 6.30. The zero-order valence-electron chi connectivity index (χ0n) is 11.2. The van der Waals surface area contributed by atoms with Gasteiger partial charge < -0.3 is 15.3 Å². The van der Waals surface area contributed by atoms with Crippen LogP contribution in [0.15, 0.2) is 0 Å². The second-order valence-corrected chi connectivity index (χ2v) is 6.64. The average Bonchev–Trinajstić information content (AvgIpc) is 2.27. The van der Waals surface area contributed by atoms with Crippen molar-refractivity contribution in [1.82, 2.24) is 10.2 Å². The number of thioether (sulfide) groups is 1. The summed E-state index contributed by atoms with van der Waals surface area (Å²) in [6, 6.07) is -1.04. The number of carbonyl (C=O) groups excluding carboxylic acids is 1. The van der Waals surface area contributed by atoms with E-state index in [-0.39, 0.29) is 11.9 Å². The summed E-state index contributed by atoms with van der Waals surface area (Å²) in [5.41, 5.74) is 0. The van der Waals surface area contributed by atoms with Gasteiger partial charge in [-0.2, -0.15) is 11.8 Å². The van der Waals surface area contributed by atoms with Gasteiger partial charge in [-0.15, -0.1) is 0 Å². The molecule has 0 spiro atoms. The van der Waals surface area contributed by atoms with E-state index in [4.69, 9.17) is 5.11 Å². The Balaban J connectivity index is 2.52. The largest absolute Gasteiger partial charge is 0.480 e. The highest BCUT2D eigenvalue weighted by Gasteiger charge is 2.26. The molecule has 1 unspecified atom stereocenters. The summed E-state index contributed by atoms with van der Waals surface area (Å²) < 4.78 is 0. The summed E-state index contributed by atoms with van der Waals surface area (Å²) in [7, 11) is 0. The van der Waals surface area contributed by atoms with Crippen molar-refractivity contribution in [3.8, 4) is 0 Å². The number of amides is 2. The third-order valence-electron chi connectivity index (χ3n) is 2.83. The molecule has 0 aromatic rings. The molecule has 0 saturated carbocycles. The Morgan fingerprint density at radius 1 is 1.50 bits per heavy atom. The van der Waals surface area contributed by atoms with E-state index in [1.54, 1.807) is 4.90 Å². The maximum absolute atomic E-state index is 12.0. The van der Waals surface area contributed by atoms with Gasteiger partial charge in [-0.05, 0) is 12.3 Å². The minimum atomic E-state index is -0.962. The van der Waals surface area contributed by atoms with E-state index in [0.29, 0.717) is 24.8 Å². The number of rotatable bonds is 4. The number of urea groups is 1. The van der Waals surface area contributed by atoms with E-state index in [0.717, 1.165) is 5.75 Å². The summed E-state index contributed by atoms with van der Waals surface area (Å²) in [6.45, 7) is 7.34. The molecule has 0 radical (unpaired) electrons. The molecular formula is C12H22N2O3S. The van der Waals surface area contributed by atoms with Crippen molar-refractivity contribution in [2.45, 2.75) is 38.5 Å². The molecule has 1 aliphatic heterocycles. The van der Waals surface area contributed by atoms with Gasteiger partial charge in [0.1, 0.15) is 6.04 Å². The molecule has 6 heteroatoms. The predicted octanol–water partition coefficient (Wildman–Crippen LogP) is 1.63. The predicted molar refractivity (Wildman–Crippen MR) is 72.9 cm³/mol. The molecule has 0 aromatic heterocycles. The summed E-state index contributed by atoms with van der Waals surface area (Å²) in [5, 5.41) is 12.1. The van der Waals surface area contributed by atoms with Crippen LogP contribution in [0.1, 0.15) is 27.2 Å². The Bertz CT molecular complexity index is 310. The summed E-state index contributed by atoms with van der Waals surface area (Å²) in [4.78, 5) is 24.8. The first kappa shape index (κ1) is 15.1. The number of aliphatic carboxylic acids is 1. The second kappa shape index (κ2) is 6.87. The molecule has 2 N–H and O–H groups in total. The fourth-order valence-electron chi connectivity index (χ4n) is 1.94. The van der Waals surface area contributed by atoms with Crippen LogP contribution in [0.2, 0.25) is 0 Å².